The zero-order chi connectivity index (χ0) is 74.7. The summed E-state index contributed by atoms with van der Waals surface area (Å²) in [6.07, 6.45) is 2.01. The van der Waals surface area contributed by atoms with Gasteiger partial charge in [-0.15, -0.1) is 11.6 Å². The van der Waals surface area contributed by atoms with Gasteiger partial charge in [0.15, 0.2) is 0 Å². The number of halogens is 4. The van der Waals surface area contributed by atoms with Gasteiger partial charge in [0.1, 0.15) is 59.9 Å². The lowest BCUT2D eigenvalue weighted by Crippen LogP contribution is -2.65. The lowest BCUT2D eigenvalue weighted by Gasteiger charge is -2.45. The van der Waals surface area contributed by atoms with Crippen LogP contribution in [-0.2, 0) is 57.5 Å². The minimum absolute atomic E-state index is 0.00220. The summed E-state index contributed by atoms with van der Waals surface area (Å²) in [5, 5.41) is 7.60. The molecule has 0 aromatic rings. The highest BCUT2D eigenvalue weighted by molar-refractivity contribution is 6.21. The van der Waals surface area contributed by atoms with E-state index in [-0.39, 0.29) is 101 Å². The number of nitrogens with one attached hydrogen (secondary N) is 3. The molecule has 3 N–H and O–H groups in total. The topological polar surface area (TPSA) is 270 Å². The van der Waals surface area contributed by atoms with Gasteiger partial charge in [-0.05, 0) is 126 Å². The maximum absolute atomic E-state index is 15.5. The summed E-state index contributed by atoms with van der Waals surface area (Å²) in [6.45, 7) is 14.4. The summed E-state index contributed by atoms with van der Waals surface area (Å²) >= 11 is 6.41. The average Bonchev–Trinajstić information content (AvgIpc) is 1.57. The van der Waals surface area contributed by atoms with Crippen LogP contribution in [0.2, 0.25) is 0 Å². The molecule has 3 aliphatic heterocycles. The number of alkyl halides is 4. The first-order valence-electron chi connectivity index (χ1n) is 36.8. The molecule has 24 nitrogen and oxygen atoms in total. The first-order valence-corrected chi connectivity index (χ1v) is 37.3. The SMILES string of the molecule is CC[C@H](C)[C@@H]1NC(=O)[C@H](CCC(C)C)N(C)C(=O)C[C@@H](C(=O)N(C)C)N(C)C(=O)[C@H]([C@@H](C)CC)N(C)C(=O)C2(CCCC2)NC(=O)[C@@H]2CCCN2C(=O)[C@H](CCC2CCC(C(F)(F)F)C(Cl)C2)NC(=O)CN(C)C(=O)[C@H](CC2CCC(C)CC2)N(C)C(=O)[C@@H]2CCN2C(=O)[C@H](C)N(C)C1=O. The Morgan fingerprint density at radius 1 is 0.620 bits per heavy atom. The predicted molar refractivity (Wildman–Crippen MR) is 372 cm³/mol. The van der Waals surface area contributed by atoms with Gasteiger partial charge in [-0.1, -0.05) is 99.8 Å². The number of hydrogen-bond donors (Lipinski definition) is 3. The second-order valence-electron chi connectivity index (χ2n) is 31.0. The van der Waals surface area contributed by atoms with Crippen LogP contribution >= 0.6 is 11.6 Å². The van der Waals surface area contributed by atoms with Gasteiger partial charge in [-0.25, -0.2) is 0 Å². The Bertz CT molecular complexity index is 2930. The van der Waals surface area contributed by atoms with E-state index >= 15 is 24.0 Å². The highest BCUT2D eigenvalue weighted by Crippen LogP contribution is 2.44. The van der Waals surface area contributed by atoms with Crippen molar-refractivity contribution >= 4 is 82.5 Å². The molecule has 6 rings (SSSR count). The second-order valence-corrected chi connectivity index (χ2v) is 31.6. The van der Waals surface area contributed by atoms with Crippen molar-refractivity contribution in [1.29, 1.82) is 0 Å². The largest absolute Gasteiger partial charge is 0.393 e. The number of hydrogen-bond acceptors (Lipinski definition) is 12. The number of amides is 12. The van der Waals surface area contributed by atoms with E-state index in [0.717, 1.165) is 30.6 Å². The third kappa shape index (κ3) is 19.7. The van der Waals surface area contributed by atoms with Crippen molar-refractivity contribution in [2.45, 2.75) is 268 Å². The van der Waals surface area contributed by atoms with Gasteiger partial charge in [0.2, 0.25) is 70.9 Å². The second kappa shape index (κ2) is 35.7. The Balaban J connectivity index is 1.43. The molecule has 28 heteroatoms. The van der Waals surface area contributed by atoms with Crippen molar-refractivity contribution in [3.8, 4) is 0 Å². The number of likely N-dealkylation sites (N-methyl/N-ethyl adjacent to an activating group) is 7. The molecule has 0 aromatic carbocycles. The van der Waals surface area contributed by atoms with Gasteiger partial charge in [-0.3, -0.25) is 57.5 Å². The lowest BCUT2D eigenvalue weighted by molar-refractivity contribution is -0.182. The standard InChI is InChI=1S/C72H118ClF3N12O12/c1-17-44(6)59-68(98)82(12)46(8)63(93)88-37-33-54(88)67(97)84(14)55(39-48-26-24-43(5)25-27-48)66(96)81(11)41-57(89)77-51(31-29-47-28-30-49(50(73)38-47)72(74,75)76)64(94)87-36-21-22-53(87)62(92)79-71(34-19-20-35-71)70(100)86(16)60(45(7)18-2)69(99)85(15)56(65(95)80(9)10)40-58(90)83(13)52(61(91)78-59)32-23-42(3)4/h42-56,59-60H,17-41H2,1-16H3,(H,77,89)(H,78,91)(H,79,92)/t43?,44-,45-,46-,47?,48?,49?,50?,51-,52-,53-,54-,55-,56-,59-,60-/m0/s1. The molecular formula is C72H118ClF3N12O12. The highest BCUT2D eigenvalue weighted by Gasteiger charge is 2.52. The molecule has 14 atom stereocenters. The van der Waals surface area contributed by atoms with Crippen LogP contribution in [0, 0.1) is 41.4 Å². The summed E-state index contributed by atoms with van der Waals surface area (Å²) in [7, 11) is 11.6. The fourth-order valence-corrected chi connectivity index (χ4v) is 16.3. The zero-order valence-corrected chi connectivity index (χ0v) is 63.2. The van der Waals surface area contributed by atoms with E-state index in [2.05, 4.69) is 22.9 Å². The maximum atomic E-state index is 15.5. The van der Waals surface area contributed by atoms with Crippen molar-refractivity contribution in [2.24, 2.45) is 41.4 Å². The van der Waals surface area contributed by atoms with Crippen molar-refractivity contribution in [2.75, 3.05) is 76.0 Å². The van der Waals surface area contributed by atoms with Crippen LogP contribution in [0.1, 0.15) is 197 Å². The monoisotopic (exact) mass is 1430 g/mol. The van der Waals surface area contributed by atoms with Crippen LogP contribution in [0.25, 0.3) is 0 Å². The van der Waals surface area contributed by atoms with Gasteiger partial charge in [-0.2, -0.15) is 13.2 Å². The van der Waals surface area contributed by atoms with Crippen molar-refractivity contribution < 1.29 is 70.7 Å². The molecular weight excluding hydrogens is 1320 g/mol. The molecule has 3 saturated heterocycles. The number of fused-ring (bicyclic) bond motifs is 2. The van der Waals surface area contributed by atoms with E-state index < -0.39 is 173 Å². The molecule has 6 aliphatic rings. The van der Waals surface area contributed by atoms with Crippen LogP contribution in [0.4, 0.5) is 13.2 Å². The van der Waals surface area contributed by atoms with E-state index in [0.29, 0.717) is 44.4 Å². The van der Waals surface area contributed by atoms with Gasteiger partial charge in [0.25, 0.3) is 0 Å². The predicted octanol–water partition coefficient (Wildman–Crippen LogP) is 6.19. The molecule has 3 heterocycles. The fraction of sp³-hybridized carbons (Fsp3) is 0.833. The Hall–Kier alpha value is -6.28. The Kier molecular flexibility index (Phi) is 29.6. The van der Waals surface area contributed by atoms with Crippen molar-refractivity contribution in [3.63, 3.8) is 0 Å². The van der Waals surface area contributed by atoms with Crippen LogP contribution in [0.5, 0.6) is 0 Å². The highest BCUT2D eigenvalue weighted by atomic mass is 35.5. The third-order valence-electron chi connectivity index (χ3n) is 23.3. The number of rotatable bonds is 13. The average molecular weight is 1440 g/mol. The molecule has 1 spiro atoms. The Labute approximate surface area is 596 Å². The van der Waals surface area contributed by atoms with Crippen LogP contribution in [0.3, 0.4) is 0 Å². The molecule has 12 amide bonds. The summed E-state index contributed by atoms with van der Waals surface area (Å²) in [5.41, 5.74) is -1.57. The Morgan fingerprint density at radius 2 is 1.23 bits per heavy atom. The molecule has 3 saturated carbocycles. The molecule has 566 valence electrons. The van der Waals surface area contributed by atoms with E-state index in [9.17, 15) is 46.7 Å². The van der Waals surface area contributed by atoms with Gasteiger partial charge in [0.05, 0.1) is 18.9 Å². The minimum atomic E-state index is -4.51. The van der Waals surface area contributed by atoms with Crippen LogP contribution in [0.15, 0.2) is 0 Å². The van der Waals surface area contributed by atoms with Gasteiger partial charge >= 0.3 is 6.18 Å². The third-order valence-corrected chi connectivity index (χ3v) is 23.8. The lowest BCUT2D eigenvalue weighted by atomic mass is 9.78. The summed E-state index contributed by atoms with van der Waals surface area (Å²) in [4.78, 5) is 191. The van der Waals surface area contributed by atoms with Crippen LogP contribution < -0.4 is 16.0 Å². The van der Waals surface area contributed by atoms with E-state index in [1.165, 1.54) is 103 Å². The quantitative estimate of drug-likeness (QED) is 0.174. The zero-order valence-electron chi connectivity index (χ0n) is 62.4. The summed E-state index contributed by atoms with van der Waals surface area (Å²) in [6, 6.07) is -10.9. The Morgan fingerprint density at radius 3 is 1.79 bits per heavy atom. The van der Waals surface area contributed by atoms with Crippen LogP contribution in [-0.4, -0.2) is 262 Å². The van der Waals surface area contributed by atoms with Gasteiger partial charge in [0, 0.05) is 74.8 Å². The number of carbonyl (C=O) groups is 12. The first-order chi connectivity index (χ1) is 46.8. The molecule has 3 aliphatic carbocycles. The minimum Gasteiger partial charge on any atom is -0.347 e. The van der Waals surface area contributed by atoms with Crippen molar-refractivity contribution in [1.82, 2.24) is 60.0 Å². The summed E-state index contributed by atoms with van der Waals surface area (Å²) in [5.74, 6) is -10.2. The molecule has 6 fully saturated rings. The molecule has 100 heavy (non-hydrogen) atoms. The molecule has 3 unspecified atom stereocenters. The summed E-state index contributed by atoms with van der Waals surface area (Å²) < 4.78 is 42.0. The molecule has 0 aromatic heterocycles. The molecule has 0 radical (unpaired) electrons. The van der Waals surface area contributed by atoms with E-state index in [1.54, 1.807) is 13.8 Å². The normalized spacial score (nSPS) is 31.6. The smallest absolute Gasteiger partial charge is 0.347 e. The fourth-order valence-electron chi connectivity index (χ4n) is 15.8. The maximum Gasteiger partial charge on any atom is 0.393 e. The number of nitrogens with zero attached hydrogens (tertiary/aromatic N) is 9. The first kappa shape index (κ1) is 82.7. The van der Waals surface area contributed by atoms with E-state index in [1.807, 2.05) is 27.7 Å². The van der Waals surface area contributed by atoms with Gasteiger partial charge < -0.3 is 60.0 Å². The van der Waals surface area contributed by atoms with E-state index in [4.69, 9.17) is 11.6 Å². The number of carbonyl (C=O) groups excluding carboxylic acids is 12. The van der Waals surface area contributed by atoms with Crippen molar-refractivity contribution in [3.05, 3.63) is 0 Å². The molecule has 0 bridgehead atoms.